The van der Waals surface area contributed by atoms with Crippen LogP contribution in [0.5, 0.6) is 0 Å². The molecule has 30 heavy (non-hydrogen) atoms. The molecule has 1 aliphatic rings. The Kier molecular flexibility index (Phi) is 16.0. The minimum absolute atomic E-state index is 0. The predicted molar refractivity (Wildman–Crippen MR) is 113 cm³/mol. The van der Waals surface area contributed by atoms with Gasteiger partial charge in [0.25, 0.3) is 0 Å². The Balaban J connectivity index is 0. The highest BCUT2D eigenvalue weighted by Crippen LogP contribution is 2.29. The van der Waals surface area contributed by atoms with Crippen LogP contribution in [0.1, 0.15) is 26.2 Å². The fourth-order valence-electron chi connectivity index (χ4n) is 2.68. The Bertz CT molecular complexity index is 514. The van der Waals surface area contributed by atoms with Crippen molar-refractivity contribution in [1.82, 2.24) is 10.6 Å². The van der Waals surface area contributed by atoms with Crippen LogP contribution in [0.4, 0.5) is 0 Å². The average Bonchev–Trinajstić information content (AvgIpc) is 2.68. The topological polar surface area (TPSA) is 254 Å². The number of nitrogens with one attached hydrogen (secondary N) is 3. The number of hydrogen-bond acceptors (Lipinski definition) is 10. The molecule has 13 nitrogen and oxygen atoms in total. The van der Waals surface area contributed by atoms with Gasteiger partial charge in [0.15, 0.2) is 11.9 Å². The molecule has 0 aromatic heterocycles. The maximum absolute atomic E-state index is 9.93. The third kappa shape index (κ3) is 10.1. The van der Waals surface area contributed by atoms with E-state index in [9.17, 15) is 20.4 Å². The van der Waals surface area contributed by atoms with Gasteiger partial charge in [-0.2, -0.15) is 0 Å². The summed E-state index contributed by atoms with van der Waals surface area (Å²) in [6.07, 6.45) is -2.83. The highest BCUT2D eigenvalue weighted by molar-refractivity contribution is 5.95. The van der Waals surface area contributed by atoms with Crippen LogP contribution in [0.2, 0.25) is 0 Å². The van der Waals surface area contributed by atoms with Gasteiger partial charge >= 0.3 is 0 Å². The molecule has 1 fully saturated rings. The van der Waals surface area contributed by atoms with Crippen molar-refractivity contribution in [2.45, 2.75) is 62.2 Å². The van der Waals surface area contributed by atoms with Gasteiger partial charge in [-0.05, 0) is 12.8 Å². The van der Waals surface area contributed by atoms with Gasteiger partial charge in [-0.15, -0.1) is 12.4 Å². The lowest BCUT2D eigenvalue weighted by Gasteiger charge is -2.46. The molecule has 0 aliphatic heterocycles. The lowest BCUT2D eigenvalue weighted by Crippen LogP contribution is -2.68. The largest absolute Gasteiger partial charge is 0.395 e. The Morgan fingerprint density at radius 2 is 1.73 bits per heavy atom. The van der Waals surface area contributed by atoms with Crippen LogP contribution in [0.3, 0.4) is 0 Å². The number of aliphatic imine (C=N–C) groups is 1. The van der Waals surface area contributed by atoms with Crippen molar-refractivity contribution < 1.29 is 35.7 Å². The third-order valence-electron chi connectivity index (χ3n) is 4.43. The molecule has 180 valence electrons. The predicted octanol–water partition coefficient (Wildman–Crippen LogP) is -4.49. The van der Waals surface area contributed by atoms with Gasteiger partial charge in [0.1, 0.15) is 17.8 Å². The molecule has 1 aliphatic carbocycles. The highest BCUT2D eigenvalue weighted by atomic mass is 35.5. The van der Waals surface area contributed by atoms with E-state index in [1.54, 1.807) is 0 Å². The standard InChI is InChI=1S/C10H21NO7.C6H15N5.ClH/c12-2-5(3-13)11-6-1-10(18,4-14)9(17)8(16)7(6)15;1-2-3-4-10-6(9)11-5(7)8;/h5-9,11-18H,1-4H2;2-4H2,1H3,(H6,7,8,9,10,11);1H/t6-,7-,8+,9-,10-;;/m0../s1. The van der Waals surface area contributed by atoms with E-state index in [4.69, 9.17) is 32.2 Å². The van der Waals surface area contributed by atoms with Gasteiger partial charge < -0.3 is 52.5 Å². The SMILES string of the molecule is CCCCN=C(N)NC(=N)N.Cl.OCC(CO)N[C@H]1C[C@](O)(CO)[C@@H](O)[C@H](O)[C@H]1O. The number of aliphatic hydroxyl groups is 7. The van der Waals surface area contributed by atoms with Crippen LogP contribution in [-0.2, 0) is 0 Å². The Morgan fingerprint density at radius 1 is 1.17 bits per heavy atom. The number of aliphatic hydroxyl groups excluding tert-OH is 6. The minimum Gasteiger partial charge on any atom is -0.395 e. The van der Waals surface area contributed by atoms with Gasteiger partial charge in [0.2, 0.25) is 0 Å². The molecule has 0 aromatic rings. The average molecular weight is 461 g/mol. The first-order valence-corrected chi connectivity index (χ1v) is 9.32. The van der Waals surface area contributed by atoms with E-state index < -0.39 is 55.8 Å². The van der Waals surface area contributed by atoms with Crippen LogP contribution in [-0.4, -0.2) is 110 Å². The highest BCUT2D eigenvalue weighted by Gasteiger charge is 2.51. The monoisotopic (exact) mass is 460 g/mol. The van der Waals surface area contributed by atoms with Gasteiger partial charge in [0.05, 0.1) is 32.0 Å². The van der Waals surface area contributed by atoms with Gasteiger partial charge in [-0.1, -0.05) is 13.3 Å². The molecule has 14 N–H and O–H groups in total. The Labute approximate surface area is 181 Å². The van der Waals surface area contributed by atoms with Gasteiger partial charge in [-0.25, -0.2) is 0 Å². The molecule has 0 bridgehead atoms. The fraction of sp³-hybridized carbons (Fsp3) is 0.875. The molecule has 1 saturated carbocycles. The number of unbranched alkanes of at least 4 members (excludes halogenated alkanes) is 1. The lowest BCUT2D eigenvalue weighted by atomic mass is 9.76. The fourth-order valence-corrected chi connectivity index (χ4v) is 2.68. The first-order valence-electron chi connectivity index (χ1n) is 9.32. The molecule has 0 saturated heterocycles. The number of halogens is 1. The van der Waals surface area contributed by atoms with Crippen molar-refractivity contribution >= 4 is 24.3 Å². The van der Waals surface area contributed by atoms with Crippen molar-refractivity contribution in [1.29, 1.82) is 5.41 Å². The van der Waals surface area contributed by atoms with E-state index in [0.717, 1.165) is 12.8 Å². The molecular formula is C16H37ClN6O7. The van der Waals surface area contributed by atoms with E-state index in [1.165, 1.54) is 0 Å². The first-order chi connectivity index (χ1) is 13.6. The van der Waals surface area contributed by atoms with Crippen molar-refractivity contribution in [3.8, 4) is 0 Å². The summed E-state index contributed by atoms with van der Waals surface area (Å²) >= 11 is 0. The van der Waals surface area contributed by atoms with Crippen LogP contribution >= 0.6 is 12.4 Å². The molecule has 14 heteroatoms. The molecule has 0 radical (unpaired) electrons. The molecule has 5 atom stereocenters. The van der Waals surface area contributed by atoms with Crippen molar-refractivity contribution in [2.75, 3.05) is 26.4 Å². The summed E-state index contributed by atoms with van der Waals surface area (Å²) < 4.78 is 0. The molecular weight excluding hydrogens is 424 g/mol. The molecule has 0 heterocycles. The number of nitrogens with two attached hydrogens (primary N) is 2. The maximum atomic E-state index is 9.93. The Morgan fingerprint density at radius 3 is 2.17 bits per heavy atom. The van der Waals surface area contributed by atoms with E-state index in [1.807, 2.05) is 0 Å². The summed E-state index contributed by atoms with van der Waals surface area (Å²) in [7, 11) is 0. The zero-order valence-corrected chi connectivity index (χ0v) is 17.8. The maximum Gasteiger partial charge on any atom is 0.195 e. The van der Waals surface area contributed by atoms with E-state index >= 15 is 0 Å². The summed E-state index contributed by atoms with van der Waals surface area (Å²) in [5, 5.41) is 77.6. The van der Waals surface area contributed by atoms with E-state index in [2.05, 4.69) is 22.5 Å². The summed E-state index contributed by atoms with van der Waals surface area (Å²) in [6, 6.07) is -1.60. The van der Waals surface area contributed by atoms with E-state index in [0.29, 0.717) is 6.54 Å². The summed E-state index contributed by atoms with van der Waals surface area (Å²) in [5.41, 5.74) is 8.40. The van der Waals surface area contributed by atoms with Gasteiger partial charge in [-0.3, -0.25) is 15.7 Å². The molecule has 0 unspecified atom stereocenters. The molecule has 1 rings (SSSR count). The second-order valence-corrected chi connectivity index (χ2v) is 6.89. The second kappa shape index (κ2) is 15.5. The van der Waals surface area contributed by atoms with Gasteiger partial charge in [0, 0.05) is 12.6 Å². The minimum atomic E-state index is -1.94. The number of nitrogens with zero attached hydrogens (tertiary/aromatic N) is 1. The van der Waals surface area contributed by atoms with Crippen molar-refractivity contribution in [3.05, 3.63) is 0 Å². The summed E-state index contributed by atoms with van der Waals surface area (Å²) in [4.78, 5) is 3.92. The van der Waals surface area contributed by atoms with Crippen molar-refractivity contribution in [3.63, 3.8) is 0 Å². The lowest BCUT2D eigenvalue weighted by molar-refractivity contribution is -0.207. The van der Waals surface area contributed by atoms with Crippen LogP contribution < -0.4 is 22.1 Å². The second-order valence-electron chi connectivity index (χ2n) is 6.89. The number of rotatable bonds is 8. The zero-order chi connectivity index (χ0) is 22.6. The van der Waals surface area contributed by atoms with Crippen LogP contribution in [0.15, 0.2) is 4.99 Å². The van der Waals surface area contributed by atoms with Crippen LogP contribution in [0.25, 0.3) is 0 Å². The quantitative estimate of drug-likeness (QED) is 0.0932. The normalized spacial score (nSPS) is 28.9. The van der Waals surface area contributed by atoms with Crippen molar-refractivity contribution in [2.24, 2.45) is 16.5 Å². The summed E-state index contributed by atoms with van der Waals surface area (Å²) in [6.45, 7) is 1.19. The first kappa shape index (κ1) is 30.9. The molecule has 0 amide bonds. The third-order valence-corrected chi connectivity index (χ3v) is 4.43. The van der Waals surface area contributed by atoms with E-state index in [-0.39, 0.29) is 30.7 Å². The Hall–Kier alpha value is -1.29. The number of hydrogen-bond donors (Lipinski definition) is 12. The summed E-state index contributed by atoms with van der Waals surface area (Å²) in [5.74, 6) is 0.0358. The smallest absolute Gasteiger partial charge is 0.195 e. The zero-order valence-electron chi connectivity index (χ0n) is 17.0. The molecule has 0 spiro atoms. The number of guanidine groups is 2. The molecule has 0 aromatic carbocycles. The van der Waals surface area contributed by atoms with Crippen LogP contribution in [0, 0.1) is 5.41 Å².